The van der Waals surface area contributed by atoms with Crippen LogP contribution in [0, 0.1) is 0 Å². The molecular formula is C16H15ClN2O3S. The van der Waals surface area contributed by atoms with Crippen molar-refractivity contribution in [2.24, 2.45) is 0 Å². The van der Waals surface area contributed by atoms with Gasteiger partial charge in [-0.1, -0.05) is 23.7 Å². The van der Waals surface area contributed by atoms with Crippen LogP contribution < -0.4 is 4.90 Å². The summed E-state index contributed by atoms with van der Waals surface area (Å²) in [7, 11) is 0. The number of amides is 1. The van der Waals surface area contributed by atoms with Crippen LogP contribution in [0.25, 0.3) is 0 Å². The SMILES string of the molecule is O=C(Cc1csc(N2CCCC2=O)n1)OCc1ccc(Cl)cc1. The highest BCUT2D eigenvalue weighted by Crippen LogP contribution is 2.25. The fourth-order valence-electron chi connectivity index (χ4n) is 2.30. The zero-order valence-electron chi connectivity index (χ0n) is 12.3. The van der Waals surface area contributed by atoms with E-state index in [1.807, 2.05) is 12.1 Å². The highest BCUT2D eigenvalue weighted by molar-refractivity contribution is 7.14. The largest absolute Gasteiger partial charge is 0.461 e. The molecule has 0 radical (unpaired) electrons. The van der Waals surface area contributed by atoms with Gasteiger partial charge in [-0.05, 0) is 24.1 Å². The van der Waals surface area contributed by atoms with Crippen LogP contribution in [0.3, 0.4) is 0 Å². The van der Waals surface area contributed by atoms with Crippen molar-refractivity contribution in [2.75, 3.05) is 11.4 Å². The van der Waals surface area contributed by atoms with Gasteiger partial charge in [0.05, 0.1) is 12.1 Å². The Morgan fingerprint density at radius 2 is 2.13 bits per heavy atom. The Balaban J connectivity index is 1.53. The molecule has 3 rings (SSSR count). The quantitative estimate of drug-likeness (QED) is 0.777. The molecule has 7 heteroatoms. The van der Waals surface area contributed by atoms with Gasteiger partial charge in [-0.25, -0.2) is 4.98 Å². The molecule has 2 aromatic rings. The monoisotopic (exact) mass is 350 g/mol. The number of carbonyl (C=O) groups is 2. The molecule has 1 aromatic carbocycles. The highest BCUT2D eigenvalue weighted by atomic mass is 35.5. The van der Waals surface area contributed by atoms with E-state index in [2.05, 4.69) is 4.98 Å². The predicted molar refractivity (Wildman–Crippen MR) is 88.7 cm³/mol. The van der Waals surface area contributed by atoms with Gasteiger partial charge in [-0.2, -0.15) is 0 Å². The molecule has 23 heavy (non-hydrogen) atoms. The van der Waals surface area contributed by atoms with E-state index in [0.29, 0.717) is 28.8 Å². The minimum Gasteiger partial charge on any atom is -0.461 e. The summed E-state index contributed by atoms with van der Waals surface area (Å²) < 4.78 is 5.23. The maximum atomic E-state index is 11.9. The van der Waals surface area contributed by atoms with Crippen LogP contribution in [0.2, 0.25) is 5.02 Å². The first-order chi connectivity index (χ1) is 11.1. The van der Waals surface area contributed by atoms with Crippen LogP contribution in [0.1, 0.15) is 24.1 Å². The van der Waals surface area contributed by atoms with Gasteiger partial charge in [-0.3, -0.25) is 14.5 Å². The van der Waals surface area contributed by atoms with Crippen LogP contribution >= 0.6 is 22.9 Å². The zero-order valence-corrected chi connectivity index (χ0v) is 13.9. The second-order valence-corrected chi connectivity index (χ2v) is 6.51. The van der Waals surface area contributed by atoms with Gasteiger partial charge in [-0.15, -0.1) is 11.3 Å². The van der Waals surface area contributed by atoms with Crippen molar-refractivity contribution in [1.82, 2.24) is 4.98 Å². The topological polar surface area (TPSA) is 59.5 Å². The number of hydrogen-bond acceptors (Lipinski definition) is 5. The Morgan fingerprint density at radius 1 is 1.35 bits per heavy atom. The number of aromatic nitrogens is 1. The Bertz CT molecular complexity index is 714. The summed E-state index contributed by atoms with van der Waals surface area (Å²) in [5.41, 5.74) is 1.51. The van der Waals surface area contributed by atoms with Gasteiger partial charge in [0.25, 0.3) is 0 Å². The lowest BCUT2D eigenvalue weighted by atomic mass is 10.2. The molecule has 1 saturated heterocycles. The van der Waals surface area contributed by atoms with E-state index in [0.717, 1.165) is 12.0 Å². The van der Waals surface area contributed by atoms with Crippen molar-refractivity contribution in [3.63, 3.8) is 0 Å². The Kier molecular flexibility index (Phi) is 4.93. The molecule has 1 aromatic heterocycles. The highest BCUT2D eigenvalue weighted by Gasteiger charge is 2.24. The first kappa shape index (κ1) is 16.0. The summed E-state index contributed by atoms with van der Waals surface area (Å²) in [6, 6.07) is 7.14. The van der Waals surface area contributed by atoms with Crippen molar-refractivity contribution < 1.29 is 14.3 Å². The van der Waals surface area contributed by atoms with E-state index in [9.17, 15) is 9.59 Å². The van der Waals surface area contributed by atoms with E-state index in [4.69, 9.17) is 16.3 Å². The first-order valence-corrected chi connectivity index (χ1v) is 8.52. The molecule has 0 saturated carbocycles. The maximum absolute atomic E-state index is 11.9. The second kappa shape index (κ2) is 7.10. The third-order valence-electron chi connectivity index (χ3n) is 3.48. The molecule has 120 valence electrons. The van der Waals surface area contributed by atoms with Gasteiger partial charge in [0.2, 0.25) is 5.91 Å². The van der Waals surface area contributed by atoms with Crippen LogP contribution in [0.5, 0.6) is 0 Å². The van der Waals surface area contributed by atoms with Crippen molar-refractivity contribution in [2.45, 2.75) is 25.9 Å². The van der Waals surface area contributed by atoms with Crippen LogP contribution in [0.4, 0.5) is 5.13 Å². The number of esters is 1. The van der Waals surface area contributed by atoms with E-state index < -0.39 is 0 Å². The lowest BCUT2D eigenvalue weighted by molar-refractivity contribution is -0.144. The molecule has 1 amide bonds. The Morgan fingerprint density at radius 3 is 2.83 bits per heavy atom. The zero-order chi connectivity index (χ0) is 16.2. The third-order valence-corrected chi connectivity index (χ3v) is 4.65. The number of ether oxygens (including phenoxy) is 1. The minimum atomic E-state index is -0.343. The number of rotatable bonds is 5. The van der Waals surface area contributed by atoms with Crippen molar-refractivity contribution in [3.05, 3.63) is 45.9 Å². The number of carbonyl (C=O) groups excluding carboxylic acids is 2. The molecule has 0 bridgehead atoms. The standard InChI is InChI=1S/C16H15ClN2O3S/c17-12-5-3-11(4-6-12)9-22-15(21)8-13-10-23-16(18-13)19-7-1-2-14(19)20/h3-6,10H,1-2,7-9H2. The summed E-state index contributed by atoms with van der Waals surface area (Å²) in [6.07, 6.45) is 1.53. The van der Waals surface area contributed by atoms with Gasteiger partial charge < -0.3 is 4.74 Å². The molecule has 0 unspecified atom stereocenters. The van der Waals surface area contributed by atoms with Gasteiger partial charge >= 0.3 is 5.97 Å². The molecule has 2 heterocycles. The van der Waals surface area contributed by atoms with Crippen LogP contribution in [0.15, 0.2) is 29.6 Å². The average molecular weight is 351 g/mol. The molecule has 5 nitrogen and oxygen atoms in total. The summed E-state index contributed by atoms with van der Waals surface area (Å²) >= 11 is 7.19. The summed E-state index contributed by atoms with van der Waals surface area (Å²) in [6.45, 7) is 0.907. The smallest absolute Gasteiger partial charge is 0.312 e. The average Bonchev–Trinajstić information content (AvgIpc) is 3.15. The fraction of sp³-hybridized carbons (Fsp3) is 0.312. The molecule has 1 aliphatic heterocycles. The molecule has 0 N–H and O–H groups in total. The number of benzene rings is 1. The maximum Gasteiger partial charge on any atom is 0.312 e. The summed E-state index contributed by atoms with van der Waals surface area (Å²) in [5, 5.41) is 3.10. The Hall–Kier alpha value is -1.92. The Labute approximate surface area is 142 Å². The summed E-state index contributed by atoms with van der Waals surface area (Å²) in [5.74, 6) is -0.249. The predicted octanol–water partition coefficient (Wildman–Crippen LogP) is 3.21. The molecule has 0 aliphatic carbocycles. The fourth-order valence-corrected chi connectivity index (χ4v) is 3.29. The van der Waals surface area contributed by atoms with Crippen LogP contribution in [-0.2, 0) is 27.4 Å². The van der Waals surface area contributed by atoms with E-state index in [1.165, 1.54) is 11.3 Å². The normalized spacial score (nSPS) is 14.3. The molecule has 1 fully saturated rings. The summed E-state index contributed by atoms with van der Waals surface area (Å²) in [4.78, 5) is 29.6. The van der Waals surface area contributed by atoms with E-state index in [-0.39, 0.29) is 24.9 Å². The van der Waals surface area contributed by atoms with E-state index >= 15 is 0 Å². The molecule has 0 atom stereocenters. The van der Waals surface area contributed by atoms with E-state index in [1.54, 1.807) is 22.4 Å². The number of nitrogens with zero attached hydrogens (tertiary/aromatic N) is 2. The lowest BCUT2D eigenvalue weighted by Crippen LogP contribution is -2.23. The van der Waals surface area contributed by atoms with Gasteiger partial charge in [0.15, 0.2) is 5.13 Å². The number of hydrogen-bond donors (Lipinski definition) is 0. The van der Waals surface area contributed by atoms with Crippen molar-refractivity contribution >= 4 is 39.9 Å². The first-order valence-electron chi connectivity index (χ1n) is 7.26. The number of thiazole rings is 1. The van der Waals surface area contributed by atoms with Gasteiger partial charge in [0, 0.05) is 23.4 Å². The molecule has 1 aliphatic rings. The van der Waals surface area contributed by atoms with Crippen molar-refractivity contribution in [3.8, 4) is 0 Å². The third kappa shape index (κ3) is 4.09. The van der Waals surface area contributed by atoms with Crippen LogP contribution in [-0.4, -0.2) is 23.4 Å². The minimum absolute atomic E-state index is 0.0937. The number of halogens is 1. The lowest BCUT2D eigenvalue weighted by Gasteiger charge is -2.10. The van der Waals surface area contributed by atoms with Crippen molar-refractivity contribution in [1.29, 1.82) is 0 Å². The molecular weight excluding hydrogens is 336 g/mol. The number of anilines is 1. The second-order valence-electron chi connectivity index (χ2n) is 5.23. The van der Waals surface area contributed by atoms with Gasteiger partial charge in [0.1, 0.15) is 6.61 Å². The molecule has 0 spiro atoms.